The van der Waals surface area contributed by atoms with Crippen LogP contribution in [0.3, 0.4) is 0 Å². The third kappa shape index (κ3) is 2.90. The third-order valence-corrected chi connectivity index (χ3v) is 2.81. The Hall–Kier alpha value is -1.36. The van der Waals surface area contributed by atoms with E-state index in [0.29, 0.717) is 15.6 Å². The van der Waals surface area contributed by atoms with Crippen LogP contribution >= 0.6 is 23.2 Å². The van der Waals surface area contributed by atoms with E-state index in [0.717, 1.165) is 6.07 Å². The lowest BCUT2D eigenvalue weighted by Gasteiger charge is -2.08. The highest BCUT2D eigenvalue weighted by molar-refractivity contribution is 6.31. The number of pyridine rings is 1. The molecular weight excluding hydrogens is 278 g/mol. The fourth-order valence-corrected chi connectivity index (χ4v) is 1.68. The van der Waals surface area contributed by atoms with E-state index in [4.69, 9.17) is 33.7 Å². The number of aromatic nitrogens is 1. The summed E-state index contributed by atoms with van der Waals surface area (Å²) in [6.07, 6.45) is 1.41. The Kier molecular flexibility index (Phi) is 4.01. The molecule has 0 aliphatic rings. The molecule has 1 heterocycles. The molecule has 0 saturated carbocycles. The second-order valence-electron chi connectivity index (χ2n) is 3.49. The van der Waals surface area contributed by atoms with Crippen molar-refractivity contribution in [1.29, 1.82) is 0 Å². The second kappa shape index (κ2) is 5.52. The van der Waals surface area contributed by atoms with Crippen molar-refractivity contribution in [3.05, 3.63) is 51.9 Å². The fraction of sp³-hybridized carbons (Fsp3) is 0.0833. The summed E-state index contributed by atoms with van der Waals surface area (Å²) in [7, 11) is 0. The number of ether oxygens (including phenoxy) is 1. The summed E-state index contributed by atoms with van der Waals surface area (Å²) in [4.78, 5) is 3.94. The zero-order chi connectivity index (χ0) is 13.1. The van der Waals surface area contributed by atoms with E-state index in [2.05, 4.69) is 4.98 Å². The molecule has 0 radical (unpaired) electrons. The van der Waals surface area contributed by atoms with Gasteiger partial charge in [0.15, 0.2) is 11.6 Å². The molecule has 3 nitrogen and oxygen atoms in total. The molecule has 2 aromatic rings. The smallest absolute Gasteiger partial charge is 0.219 e. The first-order valence-corrected chi connectivity index (χ1v) is 5.83. The molecule has 0 spiro atoms. The van der Waals surface area contributed by atoms with Crippen molar-refractivity contribution < 1.29 is 9.13 Å². The quantitative estimate of drug-likeness (QED) is 0.934. The minimum atomic E-state index is -0.562. The van der Waals surface area contributed by atoms with Crippen molar-refractivity contribution in [2.24, 2.45) is 5.73 Å². The Morgan fingerprint density at radius 2 is 2.06 bits per heavy atom. The highest BCUT2D eigenvalue weighted by atomic mass is 35.5. The number of nitrogens with zero attached hydrogens (tertiary/aromatic N) is 1. The summed E-state index contributed by atoms with van der Waals surface area (Å²) < 4.78 is 18.8. The summed E-state index contributed by atoms with van der Waals surface area (Å²) in [5.74, 6) is -0.299. The molecule has 18 heavy (non-hydrogen) atoms. The average Bonchev–Trinajstić information content (AvgIpc) is 2.35. The van der Waals surface area contributed by atoms with E-state index in [1.807, 2.05) is 0 Å². The lowest BCUT2D eigenvalue weighted by molar-refractivity contribution is 0.427. The van der Waals surface area contributed by atoms with E-state index in [1.165, 1.54) is 18.3 Å². The van der Waals surface area contributed by atoms with Gasteiger partial charge in [-0.15, -0.1) is 0 Å². The van der Waals surface area contributed by atoms with Crippen molar-refractivity contribution in [1.82, 2.24) is 4.98 Å². The number of benzene rings is 1. The minimum absolute atomic E-state index is 0.0391. The Labute approximate surface area is 113 Å². The van der Waals surface area contributed by atoms with Gasteiger partial charge in [0.05, 0.1) is 5.02 Å². The molecule has 0 atom stereocenters. The van der Waals surface area contributed by atoms with Crippen LogP contribution in [0.1, 0.15) is 5.56 Å². The first-order valence-electron chi connectivity index (χ1n) is 5.07. The van der Waals surface area contributed by atoms with Crippen molar-refractivity contribution in [2.45, 2.75) is 6.54 Å². The van der Waals surface area contributed by atoms with E-state index in [9.17, 15) is 4.39 Å². The molecule has 2 N–H and O–H groups in total. The first kappa shape index (κ1) is 13.1. The number of hydrogen-bond acceptors (Lipinski definition) is 3. The van der Waals surface area contributed by atoms with Gasteiger partial charge in [0.1, 0.15) is 0 Å². The van der Waals surface area contributed by atoms with Crippen LogP contribution in [0.4, 0.5) is 4.39 Å². The van der Waals surface area contributed by atoms with Gasteiger partial charge in [0, 0.05) is 23.8 Å². The van der Waals surface area contributed by atoms with Gasteiger partial charge in [-0.2, -0.15) is 0 Å². The molecule has 1 aromatic carbocycles. The van der Waals surface area contributed by atoms with Crippen molar-refractivity contribution in [3.8, 4) is 11.6 Å². The minimum Gasteiger partial charge on any atom is -0.436 e. The van der Waals surface area contributed by atoms with E-state index >= 15 is 0 Å². The number of nitrogens with two attached hydrogens (primary N) is 1. The van der Waals surface area contributed by atoms with Crippen LogP contribution in [0, 0.1) is 5.82 Å². The Morgan fingerprint density at radius 3 is 2.72 bits per heavy atom. The molecule has 0 bridgehead atoms. The summed E-state index contributed by atoms with van der Waals surface area (Å²) >= 11 is 11.5. The summed E-state index contributed by atoms with van der Waals surface area (Å²) in [5.41, 5.74) is 6.18. The summed E-state index contributed by atoms with van der Waals surface area (Å²) in [6.45, 7) is 0.251. The van der Waals surface area contributed by atoms with Crippen LogP contribution < -0.4 is 10.5 Å². The largest absolute Gasteiger partial charge is 0.436 e. The van der Waals surface area contributed by atoms with Gasteiger partial charge < -0.3 is 10.5 Å². The SMILES string of the molecule is NCc1cc(Oc2ccc(Cl)cc2F)ncc1Cl. The lowest BCUT2D eigenvalue weighted by atomic mass is 10.2. The van der Waals surface area contributed by atoms with Gasteiger partial charge in [-0.1, -0.05) is 23.2 Å². The lowest BCUT2D eigenvalue weighted by Crippen LogP contribution is -1.99. The molecule has 0 aliphatic heterocycles. The average molecular weight is 287 g/mol. The van der Waals surface area contributed by atoms with Gasteiger partial charge in [-0.05, 0) is 23.8 Å². The molecule has 0 saturated heterocycles. The van der Waals surface area contributed by atoms with Crippen LogP contribution in [-0.4, -0.2) is 4.98 Å². The maximum absolute atomic E-state index is 13.5. The van der Waals surface area contributed by atoms with Gasteiger partial charge in [-0.25, -0.2) is 9.37 Å². The molecule has 0 aliphatic carbocycles. The normalized spacial score (nSPS) is 10.4. The Balaban J connectivity index is 2.28. The topological polar surface area (TPSA) is 48.1 Å². The molecule has 94 valence electrons. The fourth-order valence-electron chi connectivity index (χ4n) is 1.34. The molecule has 0 fully saturated rings. The number of rotatable bonds is 3. The van der Waals surface area contributed by atoms with Crippen LogP contribution in [0.25, 0.3) is 0 Å². The van der Waals surface area contributed by atoms with Crippen LogP contribution in [0.5, 0.6) is 11.6 Å². The highest BCUT2D eigenvalue weighted by Gasteiger charge is 2.08. The number of hydrogen-bond donors (Lipinski definition) is 1. The maximum Gasteiger partial charge on any atom is 0.219 e. The van der Waals surface area contributed by atoms with Crippen molar-refractivity contribution in [2.75, 3.05) is 0 Å². The molecule has 1 aromatic heterocycles. The van der Waals surface area contributed by atoms with Crippen LogP contribution in [0.15, 0.2) is 30.5 Å². The zero-order valence-corrected chi connectivity index (χ0v) is 10.7. The van der Waals surface area contributed by atoms with Gasteiger partial charge in [0.2, 0.25) is 5.88 Å². The third-order valence-electron chi connectivity index (χ3n) is 2.24. The molecule has 0 unspecified atom stereocenters. The highest BCUT2D eigenvalue weighted by Crippen LogP contribution is 2.27. The van der Waals surface area contributed by atoms with E-state index in [1.54, 1.807) is 6.07 Å². The molecule has 0 amide bonds. The number of halogens is 3. The first-order chi connectivity index (χ1) is 8.60. The summed E-state index contributed by atoms with van der Waals surface area (Å²) in [6, 6.07) is 5.68. The Morgan fingerprint density at radius 1 is 1.28 bits per heavy atom. The molecular formula is C12H9Cl2FN2O. The van der Waals surface area contributed by atoms with Crippen LogP contribution in [-0.2, 0) is 6.54 Å². The van der Waals surface area contributed by atoms with Gasteiger partial charge >= 0.3 is 0 Å². The predicted octanol–water partition coefficient (Wildman–Crippen LogP) is 3.78. The monoisotopic (exact) mass is 286 g/mol. The standard InChI is InChI=1S/C12H9Cl2FN2O/c13-8-1-2-11(10(15)4-8)18-12-3-7(5-16)9(14)6-17-12/h1-4,6H,5,16H2. The maximum atomic E-state index is 13.5. The van der Waals surface area contributed by atoms with Gasteiger partial charge in [-0.3, -0.25) is 0 Å². The second-order valence-corrected chi connectivity index (χ2v) is 4.34. The van der Waals surface area contributed by atoms with E-state index < -0.39 is 5.82 Å². The van der Waals surface area contributed by atoms with Crippen molar-refractivity contribution >= 4 is 23.2 Å². The van der Waals surface area contributed by atoms with Gasteiger partial charge in [0.25, 0.3) is 0 Å². The summed E-state index contributed by atoms with van der Waals surface area (Å²) in [5, 5.41) is 0.744. The van der Waals surface area contributed by atoms with E-state index in [-0.39, 0.29) is 18.2 Å². The Bertz CT molecular complexity index is 578. The molecule has 6 heteroatoms. The zero-order valence-electron chi connectivity index (χ0n) is 9.16. The molecule has 2 rings (SSSR count). The predicted molar refractivity (Wildman–Crippen MR) is 68.6 cm³/mol. The van der Waals surface area contributed by atoms with Crippen molar-refractivity contribution in [3.63, 3.8) is 0 Å². The van der Waals surface area contributed by atoms with Crippen LogP contribution in [0.2, 0.25) is 10.0 Å².